The average Bonchev–Trinajstić information content (AvgIpc) is 3.35. The van der Waals surface area contributed by atoms with E-state index in [-0.39, 0.29) is 29.1 Å². The minimum atomic E-state index is -1.09. The summed E-state index contributed by atoms with van der Waals surface area (Å²) in [6, 6.07) is 0. The molecule has 2 bridgehead atoms. The second kappa shape index (κ2) is 6.57. The fourth-order valence-electron chi connectivity index (χ4n) is 9.43. The summed E-state index contributed by atoms with van der Waals surface area (Å²) < 4.78 is 17.9. The van der Waals surface area contributed by atoms with Gasteiger partial charge < -0.3 is 24.4 Å². The van der Waals surface area contributed by atoms with E-state index in [2.05, 4.69) is 6.92 Å². The number of aliphatic hydroxyl groups excluding tert-OH is 1. The van der Waals surface area contributed by atoms with Crippen molar-refractivity contribution < 1.29 is 34.0 Å². The first-order valence-electron chi connectivity index (χ1n) is 12.3. The number of hydrogen-bond donors (Lipinski definition) is 2. The van der Waals surface area contributed by atoms with E-state index in [1.54, 1.807) is 6.08 Å². The molecule has 176 valence electrons. The zero-order chi connectivity index (χ0) is 22.5. The maximum absolute atomic E-state index is 12.1. The molecule has 0 aromatic rings. The van der Waals surface area contributed by atoms with Crippen LogP contribution in [0.3, 0.4) is 0 Å². The Morgan fingerprint density at radius 2 is 1.94 bits per heavy atom. The van der Waals surface area contributed by atoms with Gasteiger partial charge in [-0.3, -0.25) is 4.79 Å². The van der Waals surface area contributed by atoms with Crippen LogP contribution in [-0.4, -0.2) is 52.4 Å². The van der Waals surface area contributed by atoms with E-state index in [4.69, 9.17) is 14.2 Å². The second-order valence-electron chi connectivity index (χ2n) is 11.6. The van der Waals surface area contributed by atoms with Crippen molar-refractivity contribution in [2.45, 2.75) is 95.2 Å². The van der Waals surface area contributed by atoms with Gasteiger partial charge in [-0.15, -0.1) is 0 Å². The van der Waals surface area contributed by atoms with Crippen LogP contribution < -0.4 is 0 Å². The van der Waals surface area contributed by atoms with Crippen LogP contribution in [0.2, 0.25) is 0 Å². The summed E-state index contributed by atoms with van der Waals surface area (Å²) in [5, 5.41) is 22.3. The Kier molecular flexibility index (Phi) is 4.34. The molecule has 1 saturated heterocycles. The first-order valence-corrected chi connectivity index (χ1v) is 12.3. The number of rotatable bonds is 2. The highest BCUT2D eigenvalue weighted by atomic mass is 16.7. The Morgan fingerprint density at radius 1 is 1.12 bits per heavy atom. The van der Waals surface area contributed by atoms with Crippen LogP contribution in [0.4, 0.5) is 0 Å². The molecular weight excluding hydrogens is 412 g/mol. The summed E-state index contributed by atoms with van der Waals surface area (Å²) in [5.41, 5.74) is -1.11. The highest BCUT2D eigenvalue weighted by Crippen LogP contribution is 2.76. The van der Waals surface area contributed by atoms with Gasteiger partial charge in [-0.05, 0) is 74.2 Å². The van der Waals surface area contributed by atoms with E-state index in [0.717, 1.165) is 31.3 Å². The summed E-state index contributed by atoms with van der Waals surface area (Å²) in [5.74, 6) is 0.0170. The van der Waals surface area contributed by atoms with Crippen molar-refractivity contribution in [3.63, 3.8) is 0 Å². The Balaban J connectivity index is 1.43. The lowest BCUT2D eigenvalue weighted by Gasteiger charge is -2.63. The molecule has 2 heterocycles. The lowest BCUT2D eigenvalue weighted by molar-refractivity contribution is -0.241. The lowest BCUT2D eigenvalue weighted by Crippen LogP contribution is -2.67. The molecule has 6 rings (SSSR count). The highest BCUT2D eigenvalue weighted by molar-refractivity contribution is 5.85. The number of hydrogen-bond acceptors (Lipinski definition) is 7. The standard InChI is InChI=1S/C25H34O7/c1-14(26)31-21-24-8-5-16(27)12-23(24,29)9-10-25(32-21)18-4-3-17(15-11-20(28)30-13-15)22(18,2)7-6-19(24)25/h11,16-19,21,27,29H,3-10,12-13H2,1-2H3/t16-,17-,18-,19-,21+,22-,23-,24-,25-/m1/s1. The maximum Gasteiger partial charge on any atom is 0.331 e. The lowest BCUT2D eigenvalue weighted by atomic mass is 9.42. The first kappa shape index (κ1) is 21.1. The Bertz CT molecular complexity index is 899. The van der Waals surface area contributed by atoms with Gasteiger partial charge in [-0.1, -0.05) is 6.92 Å². The third-order valence-corrected chi connectivity index (χ3v) is 10.5. The van der Waals surface area contributed by atoms with Crippen LogP contribution in [0.1, 0.15) is 71.6 Å². The largest absolute Gasteiger partial charge is 0.458 e. The van der Waals surface area contributed by atoms with Crippen molar-refractivity contribution in [2.75, 3.05) is 6.61 Å². The molecule has 0 amide bonds. The zero-order valence-electron chi connectivity index (χ0n) is 19.0. The molecule has 4 saturated carbocycles. The van der Waals surface area contributed by atoms with Crippen molar-refractivity contribution in [1.29, 1.82) is 0 Å². The molecule has 0 radical (unpaired) electrons. The number of fused-ring (bicyclic) bond motifs is 1. The van der Waals surface area contributed by atoms with Gasteiger partial charge in [-0.2, -0.15) is 0 Å². The van der Waals surface area contributed by atoms with Gasteiger partial charge in [0.2, 0.25) is 6.29 Å². The number of carbonyl (C=O) groups excluding carboxylic acids is 2. The molecule has 0 unspecified atom stereocenters. The van der Waals surface area contributed by atoms with Crippen molar-refractivity contribution >= 4 is 11.9 Å². The number of esters is 2. The quantitative estimate of drug-likeness (QED) is 0.629. The minimum Gasteiger partial charge on any atom is -0.458 e. The topological polar surface area (TPSA) is 102 Å². The van der Waals surface area contributed by atoms with Crippen molar-refractivity contribution in [2.24, 2.45) is 28.6 Å². The molecule has 1 spiro atoms. The van der Waals surface area contributed by atoms with Crippen LogP contribution in [0, 0.1) is 28.6 Å². The summed E-state index contributed by atoms with van der Waals surface area (Å²) in [4.78, 5) is 23.9. The third-order valence-electron chi connectivity index (χ3n) is 10.5. The molecule has 7 heteroatoms. The average molecular weight is 447 g/mol. The van der Waals surface area contributed by atoms with E-state index in [1.807, 2.05) is 0 Å². The monoisotopic (exact) mass is 446 g/mol. The first-order chi connectivity index (χ1) is 15.1. The molecule has 9 atom stereocenters. The van der Waals surface area contributed by atoms with Gasteiger partial charge >= 0.3 is 11.9 Å². The number of cyclic esters (lactones) is 1. The smallest absolute Gasteiger partial charge is 0.331 e. The molecule has 32 heavy (non-hydrogen) atoms. The molecule has 4 aliphatic carbocycles. The van der Waals surface area contributed by atoms with Gasteiger partial charge in [-0.25, -0.2) is 4.79 Å². The zero-order valence-corrected chi connectivity index (χ0v) is 19.0. The molecule has 0 aromatic heterocycles. The minimum absolute atomic E-state index is 0.0216. The predicted octanol–water partition coefficient (Wildman–Crippen LogP) is 2.63. The van der Waals surface area contributed by atoms with Crippen molar-refractivity contribution in [1.82, 2.24) is 0 Å². The van der Waals surface area contributed by atoms with Crippen LogP contribution in [0.5, 0.6) is 0 Å². The molecule has 6 aliphatic rings. The third kappa shape index (κ3) is 2.43. The van der Waals surface area contributed by atoms with Crippen LogP contribution in [-0.2, 0) is 23.8 Å². The van der Waals surface area contributed by atoms with E-state index in [1.165, 1.54) is 6.92 Å². The summed E-state index contributed by atoms with van der Waals surface area (Å²) >= 11 is 0. The van der Waals surface area contributed by atoms with Crippen LogP contribution >= 0.6 is 0 Å². The van der Waals surface area contributed by atoms with E-state index in [9.17, 15) is 19.8 Å². The van der Waals surface area contributed by atoms with Crippen LogP contribution in [0.15, 0.2) is 11.6 Å². The molecule has 5 fully saturated rings. The molecular formula is C25H34O7. The summed E-state index contributed by atoms with van der Waals surface area (Å²) in [6.45, 7) is 4.13. The highest BCUT2D eigenvalue weighted by Gasteiger charge is 2.80. The Hall–Kier alpha value is -1.44. The number of aliphatic hydroxyl groups is 2. The Labute approximate surface area is 188 Å². The fraction of sp³-hybridized carbons (Fsp3) is 0.840. The van der Waals surface area contributed by atoms with E-state index in [0.29, 0.717) is 38.7 Å². The summed E-state index contributed by atoms with van der Waals surface area (Å²) in [7, 11) is 0. The van der Waals surface area contributed by atoms with E-state index >= 15 is 0 Å². The number of carbonyl (C=O) groups is 2. The predicted molar refractivity (Wildman–Crippen MR) is 112 cm³/mol. The molecule has 2 aliphatic heterocycles. The second-order valence-corrected chi connectivity index (χ2v) is 11.6. The van der Waals surface area contributed by atoms with Gasteiger partial charge in [0, 0.05) is 25.3 Å². The molecule has 0 aromatic carbocycles. The fourth-order valence-corrected chi connectivity index (χ4v) is 9.43. The molecule has 2 N–H and O–H groups in total. The van der Waals surface area contributed by atoms with Gasteiger partial charge in [0.05, 0.1) is 22.7 Å². The maximum atomic E-state index is 12.1. The number of ether oxygens (including phenoxy) is 3. The van der Waals surface area contributed by atoms with Crippen molar-refractivity contribution in [3.05, 3.63) is 11.6 Å². The van der Waals surface area contributed by atoms with Gasteiger partial charge in [0.1, 0.15) is 6.61 Å². The Morgan fingerprint density at radius 3 is 2.66 bits per heavy atom. The SMILES string of the molecule is CC(=O)O[C@H]1O[C@@]23CC[C@@]4(O)C[C@H](O)CC[C@@]14[C@H]2CC[C@]1(C)[C@@H](C2=CC(=O)OC2)CC[C@H]13. The van der Waals surface area contributed by atoms with Gasteiger partial charge in [0.15, 0.2) is 0 Å². The molecule has 7 nitrogen and oxygen atoms in total. The van der Waals surface area contributed by atoms with Crippen molar-refractivity contribution in [3.8, 4) is 0 Å². The van der Waals surface area contributed by atoms with Gasteiger partial charge in [0.25, 0.3) is 0 Å². The van der Waals surface area contributed by atoms with E-state index < -0.39 is 35.0 Å². The summed E-state index contributed by atoms with van der Waals surface area (Å²) in [6.07, 6.45) is 7.02. The van der Waals surface area contributed by atoms with Crippen LogP contribution in [0.25, 0.3) is 0 Å². The normalized spacial score (nSPS) is 53.7.